The summed E-state index contributed by atoms with van der Waals surface area (Å²) in [5.74, 6) is -2.34. The highest BCUT2D eigenvalue weighted by Crippen LogP contribution is 2.73. The first-order valence-corrected chi connectivity index (χ1v) is 14.6. The van der Waals surface area contributed by atoms with Crippen molar-refractivity contribution in [1.29, 1.82) is 0 Å². The summed E-state index contributed by atoms with van der Waals surface area (Å²) in [5.41, 5.74) is -3.09. The number of fused-ring (bicyclic) bond motifs is 4. The number of ether oxygens (including phenoxy) is 5. The smallest absolute Gasteiger partial charge is 0.311 e. The summed E-state index contributed by atoms with van der Waals surface area (Å²) in [6.07, 6.45) is -4.54. The van der Waals surface area contributed by atoms with Crippen LogP contribution in [0.3, 0.4) is 0 Å². The van der Waals surface area contributed by atoms with Crippen molar-refractivity contribution >= 4 is 17.9 Å². The van der Waals surface area contributed by atoms with E-state index in [2.05, 4.69) is 20.8 Å². The normalized spacial score (nSPS) is 40.6. The summed E-state index contributed by atoms with van der Waals surface area (Å²) in [4.78, 5) is 39.5. The Morgan fingerprint density at radius 2 is 1.10 bits per heavy atom. The van der Waals surface area contributed by atoms with Gasteiger partial charge in [0.25, 0.3) is 0 Å². The Labute approximate surface area is 239 Å². The van der Waals surface area contributed by atoms with Gasteiger partial charge in [-0.25, -0.2) is 0 Å². The summed E-state index contributed by atoms with van der Waals surface area (Å²) in [7, 11) is 0. The van der Waals surface area contributed by atoms with Crippen LogP contribution in [0.1, 0.15) is 102 Å². The molecule has 1 N–H and O–H groups in total. The van der Waals surface area contributed by atoms with Gasteiger partial charge in [0, 0.05) is 11.8 Å². The number of carbonyl (C=O) groups excluding carboxylic acids is 3. The number of carbonyl (C=O) groups is 3. The van der Waals surface area contributed by atoms with Crippen LogP contribution >= 0.6 is 0 Å². The van der Waals surface area contributed by atoms with E-state index in [0.717, 1.165) is 12.8 Å². The molecule has 0 aromatic rings. The van der Waals surface area contributed by atoms with Crippen molar-refractivity contribution in [3.63, 3.8) is 0 Å². The van der Waals surface area contributed by atoms with Crippen molar-refractivity contribution in [2.75, 3.05) is 0 Å². The Kier molecular flexibility index (Phi) is 7.34. The van der Waals surface area contributed by atoms with Crippen molar-refractivity contribution in [2.24, 2.45) is 33.0 Å². The number of aliphatic hydroxyl groups excluding tert-OH is 1. The van der Waals surface area contributed by atoms with Crippen molar-refractivity contribution in [3.8, 4) is 0 Å². The van der Waals surface area contributed by atoms with Crippen molar-refractivity contribution in [1.82, 2.24) is 0 Å². The van der Waals surface area contributed by atoms with Crippen LogP contribution in [0.25, 0.3) is 0 Å². The molecule has 0 aromatic carbocycles. The Morgan fingerprint density at radius 3 is 1.48 bits per heavy atom. The van der Waals surface area contributed by atoms with Crippen LogP contribution in [0.2, 0.25) is 0 Å². The lowest BCUT2D eigenvalue weighted by Gasteiger charge is -2.45. The molecule has 0 amide bonds. The molecule has 3 aliphatic carbocycles. The van der Waals surface area contributed by atoms with Crippen molar-refractivity contribution < 1.29 is 43.2 Å². The predicted molar refractivity (Wildman–Crippen MR) is 146 cm³/mol. The van der Waals surface area contributed by atoms with Gasteiger partial charge in [0.15, 0.2) is 24.1 Å². The fraction of sp³-hybridized carbons (Fsp3) is 0.903. The summed E-state index contributed by atoms with van der Waals surface area (Å²) >= 11 is 0. The largest absolute Gasteiger partial charge is 0.456 e. The van der Waals surface area contributed by atoms with Gasteiger partial charge in [0.1, 0.15) is 18.3 Å². The molecule has 4 rings (SSSR count). The molecule has 0 aromatic heterocycles. The summed E-state index contributed by atoms with van der Waals surface area (Å²) < 4.78 is 31.5. The second-order valence-electron chi connectivity index (χ2n) is 16.3. The van der Waals surface area contributed by atoms with Crippen LogP contribution in [0, 0.1) is 33.0 Å². The van der Waals surface area contributed by atoms with Crippen LogP contribution in [0.4, 0.5) is 0 Å². The number of rotatable bonds is 3. The van der Waals surface area contributed by atoms with E-state index in [0.29, 0.717) is 12.3 Å². The Bertz CT molecular complexity index is 1040. The third-order valence-corrected chi connectivity index (χ3v) is 9.98. The van der Waals surface area contributed by atoms with E-state index in [1.807, 2.05) is 0 Å². The predicted octanol–water partition coefficient (Wildman–Crippen LogP) is 4.56. The third-order valence-electron chi connectivity index (χ3n) is 9.98. The van der Waals surface area contributed by atoms with Gasteiger partial charge in [0.05, 0.1) is 16.2 Å². The van der Waals surface area contributed by atoms with E-state index in [4.69, 9.17) is 23.7 Å². The average Bonchev–Trinajstić information content (AvgIpc) is 3.33. The van der Waals surface area contributed by atoms with Crippen LogP contribution in [0.15, 0.2) is 0 Å². The molecular weight excluding hydrogens is 516 g/mol. The molecule has 4 aliphatic rings. The van der Waals surface area contributed by atoms with Crippen molar-refractivity contribution in [3.05, 3.63) is 0 Å². The van der Waals surface area contributed by atoms with E-state index in [-0.39, 0.29) is 10.8 Å². The fourth-order valence-corrected chi connectivity index (χ4v) is 6.72. The highest BCUT2D eigenvalue weighted by Gasteiger charge is 2.76. The fourth-order valence-electron chi connectivity index (χ4n) is 6.72. The lowest BCUT2D eigenvalue weighted by atomic mass is 9.68. The molecule has 4 fully saturated rings. The van der Waals surface area contributed by atoms with E-state index in [9.17, 15) is 19.5 Å². The number of hydrogen-bond donors (Lipinski definition) is 1. The van der Waals surface area contributed by atoms with E-state index < -0.39 is 76.6 Å². The molecule has 3 saturated carbocycles. The standard InChI is InChI=1S/C31H50O9/c1-26(2,3)23(33)36-18-17(32)19(37-24(34)27(4,5)6)21-22(20(18)38-25(35)28(7,8)9)40-31(39-21)15-16-13-14-30(31,12)29(16,10)11/h16-22,32H,13-15H2,1-12H3/t16-,17-,18-,19+,20+,21+,22-,30-,31+/m0/s1. The molecule has 228 valence electrons. The summed E-state index contributed by atoms with van der Waals surface area (Å²) in [5, 5.41) is 11.7. The maximum atomic E-state index is 13.2. The molecule has 40 heavy (non-hydrogen) atoms. The first-order chi connectivity index (χ1) is 18.0. The molecule has 1 saturated heterocycles. The molecule has 1 heterocycles. The molecule has 1 spiro atoms. The van der Waals surface area contributed by atoms with Gasteiger partial charge < -0.3 is 28.8 Å². The second kappa shape index (κ2) is 9.40. The Morgan fingerprint density at radius 1 is 0.700 bits per heavy atom. The van der Waals surface area contributed by atoms with Gasteiger partial charge in [0.2, 0.25) is 0 Å². The van der Waals surface area contributed by atoms with Gasteiger partial charge in [-0.15, -0.1) is 0 Å². The Hall–Kier alpha value is -1.71. The van der Waals surface area contributed by atoms with Crippen LogP contribution in [-0.2, 0) is 38.1 Å². The van der Waals surface area contributed by atoms with E-state index >= 15 is 0 Å². The summed E-state index contributed by atoms with van der Waals surface area (Å²) in [6, 6.07) is 0. The van der Waals surface area contributed by atoms with Gasteiger partial charge >= 0.3 is 17.9 Å². The molecule has 1 aliphatic heterocycles. The molecule has 0 unspecified atom stereocenters. The minimum Gasteiger partial charge on any atom is -0.456 e. The molecule has 0 radical (unpaired) electrons. The van der Waals surface area contributed by atoms with E-state index in [1.165, 1.54) is 0 Å². The second-order valence-corrected chi connectivity index (χ2v) is 16.3. The summed E-state index contributed by atoms with van der Waals surface area (Å²) in [6.45, 7) is 22.1. The first kappa shape index (κ1) is 31.2. The van der Waals surface area contributed by atoms with Crippen LogP contribution < -0.4 is 0 Å². The lowest BCUT2D eigenvalue weighted by Crippen LogP contribution is -2.66. The van der Waals surface area contributed by atoms with Gasteiger partial charge in [-0.2, -0.15) is 0 Å². The van der Waals surface area contributed by atoms with Crippen LogP contribution in [-0.4, -0.2) is 65.4 Å². The maximum Gasteiger partial charge on any atom is 0.311 e. The Balaban J connectivity index is 1.81. The minimum atomic E-state index is -1.52. The van der Waals surface area contributed by atoms with Gasteiger partial charge in [-0.3, -0.25) is 14.4 Å². The third kappa shape index (κ3) is 4.77. The molecule has 9 atom stereocenters. The van der Waals surface area contributed by atoms with E-state index in [1.54, 1.807) is 62.3 Å². The zero-order valence-electron chi connectivity index (χ0n) is 26.4. The topological polar surface area (TPSA) is 118 Å². The number of esters is 3. The first-order valence-electron chi connectivity index (χ1n) is 14.6. The quantitative estimate of drug-likeness (QED) is 0.387. The molecular formula is C31H50O9. The number of aliphatic hydroxyl groups is 1. The highest BCUT2D eigenvalue weighted by atomic mass is 16.8. The molecule has 9 nitrogen and oxygen atoms in total. The maximum absolute atomic E-state index is 13.2. The van der Waals surface area contributed by atoms with Crippen molar-refractivity contribution in [2.45, 2.75) is 145 Å². The monoisotopic (exact) mass is 566 g/mol. The molecule has 2 bridgehead atoms. The highest BCUT2D eigenvalue weighted by molar-refractivity contribution is 5.77. The van der Waals surface area contributed by atoms with Crippen LogP contribution in [0.5, 0.6) is 0 Å². The zero-order chi connectivity index (χ0) is 30.4. The lowest BCUT2D eigenvalue weighted by molar-refractivity contribution is -0.258. The SMILES string of the molecule is CC(C)(C)C(=O)O[C@H]1[C@@H]2O[C@@]3(C[C@@H]4CC[C@@]3(C)C4(C)C)O[C@@H]2[C@H](OC(=O)C(C)(C)C)[C@@H](O)[C@@H]1OC(=O)C(C)(C)C. The number of hydrogen-bond acceptors (Lipinski definition) is 9. The minimum absolute atomic E-state index is 0.0909. The van der Waals surface area contributed by atoms with Gasteiger partial charge in [-0.05, 0) is 86.5 Å². The average molecular weight is 567 g/mol. The van der Waals surface area contributed by atoms with Gasteiger partial charge in [-0.1, -0.05) is 20.8 Å². The molecule has 9 heteroatoms. The zero-order valence-corrected chi connectivity index (χ0v) is 26.4.